The molecule has 1 aliphatic rings. The van der Waals surface area contributed by atoms with E-state index in [9.17, 15) is 4.79 Å². The van der Waals surface area contributed by atoms with Gasteiger partial charge < -0.3 is 4.90 Å². The number of amides is 1. The fourth-order valence-electron chi connectivity index (χ4n) is 1.53. The first-order valence-corrected chi connectivity index (χ1v) is 6.06. The largest absolute Gasteiger partial charge is 0.338 e. The summed E-state index contributed by atoms with van der Waals surface area (Å²) in [5.41, 5.74) is 0. The molecule has 0 N–H and O–H groups in total. The second-order valence-electron chi connectivity index (χ2n) is 2.97. The van der Waals surface area contributed by atoms with Crippen LogP contribution < -0.4 is 0 Å². The Morgan fingerprint density at radius 2 is 2.50 bits per heavy atom. The van der Waals surface area contributed by atoms with Gasteiger partial charge in [-0.3, -0.25) is 4.79 Å². The minimum atomic E-state index is 0.241. The number of hydrogen-bond acceptors (Lipinski definition) is 2. The second kappa shape index (κ2) is 4.97. The molecule has 1 heterocycles. The lowest BCUT2D eigenvalue weighted by molar-refractivity contribution is -0.128. The molecule has 1 unspecified atom stereocenters. The van der Waals surface area contributed by atoms with Gasteiger partial charge in [0.1, 0.15) is 0 Å². The highest BCUT2D eigenvalue weighted by Gasteiger charge is 2.26. The van der Waals surface area contributed by atoms with Crippen molar-refractivity contribution < 1.29 is 4.79 Å². The first-order chi connectivity index (χ1) is 5.79. The van der Waals surface area contributed by atoms with Crippen molar-refractivity contribution in [2.24, 2.45) is 0 Å². The van der Waals surface area contributed by atoms with Crippen LogP contribution in [0.1, 0.15) is 12.8 Å². The first kappa shape index (κ1) is 10.2. The molecule has 0 bridgehead atoms. The van der Waals surface area contributed by atoms with E-state index in [1.165, 1.54) is 0 Å². The first-order valence-electron chi connectivity index (χ1n) is 4.14. The average Bonchev–Trinajstić information content (AvgIpc) is 2.51. The van der Waals surface area contributed by atoms with Gasteiger partial charge in [0.15, 0.2) is 0 Å². The molecule has 1 aliphatic heterocycles. The summed E-state index contributed by atoms with van der Waals surface area (Å²) in [5.74, 6) is 1.42. The number of nitrogens with zero attached hydrogens (tertiary/aromatic N) is 1. The highest BCUT2D eigenvalue weighted by molar-refractivity contribution is 7.99. The Balaban J connectivity index is 2.43. The lowest BCUT2D eigenvalue weighted by Crippen LogP contribution is -2.37. The Labute approximate surface area is 82.6 Å². The molecule has 0 aromatic carbocycles. The summed E-state index contributed by atoms with van der Waals surface area (Å²) < 4.78 is 0. The molecule has 0 aromatic rings. The summed E-state index contributed by atoms with van der Waals surface area (Å²) in [6, 6.07) is 0.298. The quantitative estimate of drug-likeness (QED) is 0.655. The van der Waals surface area contributed by atoms with Crippen molar-refractivity contribution in [3.05, 3.63) is 0 Å². The SMILES string of the molecule is CSCC(=O)N1CCCC1CCl. The van der Waals surface area contributed by atoms with E-state index in [1.807, 2.05) is 11.2 Å². The third-order valence-electron chi connectivity index (χ3n) is 2.14. The van der Waals surface area contributed by atoms with E-state index in [2.05, 4.69) is 0 Å². The summed E-state index contributed by atoms with van der Waals surface area (Å²) in [6.45, 7) is 0.900. The van der Waals surface area contributed by atoms with Gasteiger partial charge >= 0.3 is 0 Å². The van der Waals surface area contributed by atoms with Crippen LogP contribution in [-0.4, -0.2) is 41.3 Å². The van der Waals surface area contributed by atoms with E-state index in [0.29, 0.717) is 17.7 Å². The van der Waals surface area contributed by atoms with Gasteiger partial charge in [0.05, 0.1) is 5.75 Å². The molecule has 0 aromatic heterocycles. The fraction of sp³-hybridized carbons (Fsp3) is 0.875. The second-order valence-corrected chi connectivity index (χ2v) is 4.15. The number of alkyl halides is 1. The monoisotopic (exact) mass is 207 g/mol. The Kier molecular flexibility index (Phi) is 4.22. The van der Waals surface area contributed by atoms with E-state index in [4.69, 9.17) is 11.6 Å². The maximum atomic E-state index is 11.5. The van der Waals surface area contributed by atoms with Crippen LogP contribution >= 0.6 is 23.4 Å². The number of hydrogen-bond donors (Lipinski definition) is 0. The summed E-state index contributed by atoms with van der Waals surface area (Å²) in [7, 11) is 0. The van der Waals surface area contributed by atoms with Crippen LogP contribution in [-0.2, 0) is 4.79 Å². The Morgan fingerprint density at radius 3 is 3.08 bits per heavy atom. The number of carbonyl (C=O) groups is 1. The van der Waals surface area contributed by atoms with Crippen LogP contribution in [0.15, 0.2) is 0 Å². The predicted molar refractivity (Wildman–Crippen MR) is 53.8 cm³/mol. The summed E-state index contributed by atoms with van der Waals surface area (Å²) in [5, 5.41) is 0. The van der Waals surface area contributed by atoms with Gasteiger partial charge in [0.2, 0.25) is 5.91 Å². The lowest BCUT2D eigenvalue weighted by Gasteiger charge is -2.22. The van der Waals surface area contributed by atoms with Crippen molar-refractivity contribution in [3.8, 4) is 0 Å². The number of halogens is 1. The van der Waals surface area contributed by atoms with E-state index >= 15 is 0 Å². The Bertz CT molecular complexity index is 165. The Morgan fingerprint density at radius 1 is 1.75 bits per heavy atom. The topological polar surface area (TPSA) is 20.3 Å². The minimum absolute atomic E-state index is 0.241. The molecular weight excluding hydrogens is 194 g/mol. The summed E-state index contributed by atoms with van der Waals surface area (Å²) in [4.78, 5) is 13.4. The van der Waals surface area contributed by atoms with Gasteiger partial charge in [-0.05, 0) is 19.1 Å². The molecule has 1 rings (SSSR count). The van der Waals surface area contributed by atoms with Crippen LogP contribution in [0, 0.1) is 0 Å². The number of likely N-dealkylation sites (tertiary alicyclic amines) is 1. The van der Waals surface area contributed by atoms with Crippen LogP contribution in [0.5, 0.6) is 0 Å². The molecule has 0 radical (unpaired) electrons. The van der Waals surface area contributed by atoms with E-state index in [1.54, 1.807) is 11.8 Å². The molecule has 4 heteroatoms. The van der Waals surface area contributed by atoms with Gasteiger partial charge in [-0.25, -0.2) is 0 Å². The van der Waals surface area contributed by atoms with Crippen molar-refractivity contribution in [3.63, 3.8) is 0 Å². The zero-order valence-electron chi connectivity index (χ0n) is 7.25. The lowest BCUT2D eigenvalue weighted by atomic mass is 10.2. The van der Waals surface area contributed by atoms with Gasteiger partial charge in [-0.2, -0.15) is 11.8 Å². The molecule has 1 saturated heterocycles. The predicted octanol–water partition coefficient (Wildman–Crippen LogP) is 1.58. The van der Waals surface area contributed by atoms with Crippen molar-refractivity contribution in [1.29, 1.82) is 0 Å². The van der Waals surface area contributed by atoms with Crippen molar-refractivity contribution in [1.82, 2.24) is 4.90 Å². The van der Waals surface area contributed by atoms with Crippen molar-refractivity contribution in [2.75, 3.05) is 24.4 Å². The fourth-order valence-corrected chi connectivity index (χ4v) is 2.26. The molecule has 70 valence electrons. The molecule has 1 atom stereocenters. The molecule has 0 spiro atoms. The zero-order valence-corrected chi connectivity index (χ0v) is 8.83. The number of thioether (sulfide) groups is 1. The van der Waals surface area contributed by atoms with Crippen LogP contribution in [0.2, 0.25) is 0 Å². The third kappa shape index (κ3) is 2.30. The van der Waals surface area contributed by atoms with E-state index < -0.39 is 0 Å². The van der Waals surface area contributed by atoms with Crippen LogP contribution in [0.25, 0.3) is 0 Å². The van der Waals surface area contributed by atoms with Gasteiger partial charge in [-0.1, -0.05) is 0 Å². The molecule has 1 fully saturated rings. The standard InChI is InChI=1S/C8H14ClNOS/c1-12-6-8(11)10-4-2-3-7(10)5-9/h7H,2-6H2,1H3. The molecule has 1 amide bonds. The van der Waals surface area contributed by atoms with Crippen molar-refractivity contribution in [2.45, 2.75) is 18.9 Å². The number of carbonyl (C=O) groups excluding carboxylic acids is 1. The highest BCUT2D eigenvalue weighted by atomic mass is 35.5. The normalized spacial score (nSPS) is 23.2. The van der Waals surface area contributed by atoms with Gasteiger partial charge in [0, 0.05) is 18.5 Å². The minimum Gasteiger partial charge on any atom is -0.338 e. The van der Waals surface area contributed by atoms with Crippen LogP contribution in [0.3, 0.4) is 0 Å². The molecule has 0 saturated carbocycles. The maximum Gasteiger partial charge on any atom is 0.232 e. The summed E-state index contributed by atoms with van der Waals surface area (Å²) >= 11 is 7.32. The zero-order chi connectivity index (χ0) is 8.97. The average molecular weight is 208 g/mol. The maximum absolute atomic E-state index is 11.5. The van der Waals surface area contributed by atoms with E-state index in [-0.39, 0.29) is 5.91 Å². The third-order valence-corrected chi connectivity index (χ3v) is 3.04. The smallest absolute Gasteiger partial charge is 0.232 e. The van der Waals surface area contributed by atoms with Gasteiger partial charge in [-0.15, -0.1) is 11.6 Å². The van der Waals surface area contributed by atoms with E-state index in [0.717, 1.165) is 19.4 Å². The highest BCUT2D eigenvalue weighted by Crippen LogP contribution is 2.19. The molecule has 12 heavy (non-hydrogen) atoms. The summed E-state index contributed by atoms with van der Waals surface area (Å²) in [6.07, 6.45) is 4.13. The van der Waals surface area contributed by atoms with Crippen LogP contribution in [0.4, 0.5) is 0 Å². The molecule has 2 nitrogen and oxygen atoms in total. The Hall–Kier alpha value is 0.110. The molecule has 0 aliphatic carbocycles. The van der Waals surface area contributed by atoms with Gasteiger partial charge in [0.25, 0.3) is 0 Å². The van der Waals surface area contributed by atoms with Crippen molar-refractivity contribution >= 4 is 29.3 Å². The number of rotatable bonds is 3. The molecular formula is C8H14ClNOS.